The number of hydrogen-bond acceptors (Lipinski definition) is 5. The van der Waals surface area contributed by atoms with Gasteiger partial charge in [-0.05, 0) is 45.1 Å². The van der Waals surface area contributed by atoms with Crippen molar-refractivity contribution in [2.75, 3.05) is 25.1 Å². The largest absolute Gasteiger partial charge is 0.351 e. The smallest absolute Gasteiger partial charge is 0.234 e. The Hall–Kier alpha value is -1.41. The molecule has 2 N–H and O–H groups in total. The summed E-state index contributed by atoms with van der Waals surface area (Å²) in [6, 6.07) is -0.171. The van der Waals surface area contributed by atoms with E-state index in [1.54, 1.807) is 7.05 Å². The molecule has 0 aromatic carbocycles. The van der Waals surface area contributed by atoms with Gasteiger partial charge in [0.1, 0.15) is 0 Å². The first kappa shape index (κ1) is 19.4. The zero-order chi connectivity index (χ0) is 18.7. The van der Waals surface area contributed by atoms with Crippen molar-refractivity contribution < 1.29 is 18.0 Å². The molecule has 8 heteroatoms. The van der Waals surface area contributed by atoms with E-state index in [1.807, 2.05) is 4.90 Å². The Bertz CT molecular complexity index is 676. The van der Waals surface area contributed by atoms with Crippen LogP contribution in [0.15, 0.2) is 12.2 Å². The van der Waals surface area contributed by atoms with Crippen LogP contribution in [0.2, 0.25) is 0 Å². The van der Waals surface area contributed by atoms with Gasteiger partial charge in [0, 0.05) is 18.5 Å². The highest BCUT2D eigenvalue weighted by molar-refractivity contribution is 7.91. The average molecular weight is 384 g/mol. The monoisotopic (exact) mass is 383 g/mol. The highest BCUT2D eigenvalue weighted by atomic mass is 32.2. The van der Waals surface area contributed by atoms with Crippen molar-refractivity contribution in [2.45, 2.75) is 56.7 Å². The normalized spacial score (nSPS) is 33.8. The van der Waals surface area contributed by atoms with Crippen LogP contribution in [0.3, 0.4) is 0 Å². The van der Waals surface area contributed by atoms with Crippen molar-refractivity contribution in [2.24, 2.45) is 5.92 Å². The summed E-state index contributed by atoms with van der Waals surface area (Å²) in [4.78, 5) is 26.2. The van der Waals surface area contributed by atoms with Crippen LogP contribution in [0.4, 0.5) is 0 Å². The molecular formula is C18H29N3O4S. The van der Waals surface area contributed by atoms with Gasteiger partial charge in [-0.15, -0.1) is 0 Å². The Balaban J connectivity index is 1.56. The number of nitrogens with zero attached hydrogens (tertiary/aromatic N) is 1. The maximum atomic E-state index is 12.5. The van der Waals surface area contributed by atoms with Crippen LogP contribution in [0.1, 0.15) is 38.5 Å². The molecule has 1 aliphatic carbocycles. The lowest BCUT2D eigenvalue weighted by molar-refractivity contribution is -0.128. The van der Waals surface area contributed by atoms with E-state index in [0.29, 0.717) is 25.2 Å². The summed E-state index contributed by atoms with van der Waals surface area (Å²) in [5.41, 5.74) is 0. The lowest BCUT2D eigenvalue weighted by atomic mass is 9.81. The standard InChI is InChI=1S/C18H29N3O4S/c1-21(14-9-10-26(24,25)12-14)11-17(23)19-15-7-8-16(22)20-18(15)13-5-3-2-4-6-13/h2-3,13-15,18H,4-12H2,1H3,(H,19,23)(H,20,22)/t13?,14?,15-,18+/m1/s1. The van der Waals surface area contributed by atoms with Gasteiger partial charge in [-0.2, -0.15) is 0 Å². The molecule has 2 fully saturated rings. The summed E-state index contributed by atoms with van der Waals surface area (Å²) in [5.74, 6) is 0.646. The molecule has 2 unspecified atom stereocenters. The van der Waals surface area contributed by atoms with E-state index < -0.39 is 9.84 Å². The summed E-state index contributed by atoms with van der Waals surface area (Å²) in [7, 11) is -1.16. The number of piperidine rings is 1. The third-order valence-corrected chi connectivity index (χ3v) is 7.58. The van der Waals surface area contributed by atoms with E-state index in [1.165, 1.54) is 0 Å². The molecule has 2 heterocycles. The van der Waals surface area contributed by atoms with Crippen LogP contribution in [-0.2, 0) is 19.4 Å². The molecule has 146 valence electrons. The van der Waals surface area contributed by atoms with E-state index in [9.17, 15) is 18.0 Å². The van der Waals surface area contributed by atoms with E-state index in [0.717, 1.165) is 19.3 Å². The molecule has 26 heavy (non-hydrogen) atoms. The molecule has 7 nitrogen and oxygen atoms in total. The molecule has 3 aliphatic rings. The molecule has 0 spiro atoms. The zero-order valence-corrected chi connectivity index (χ0v) is 16.1. The molecule has 2 saturated heterocycles. The number of rotatable bonds is 5. The van der Waals surface area contributed by atoms with Crippen molar-refractivity contribution in [3.8, 4) is 0 Å². The molecule has 4 atom stereocenters. The maximum absolute atomic E-state index is 12.5. The number of sulfone groups is 1. The molecule has 3 rings (SSSR count). The third-order valence-electron chi connectivity index (χ3n) is 5.83. The minimum Gasteiger partial charge on any atom is -0.351 e. The summed E-state index contributed by atoms with van der Waals surface area (Å²) < 4.78 is 23.2. The topological polar surface area (TPSA) is 95.6 Å². The molecule has 2 amide bonds. The number of amides is 2. The average Bonchev–Trinajstić information content (AvgIpc) is 2.97. The number of allylic oxidation sites excluding steroid dienone is 2. The van der Waals surface area contributed by atoms with Gasteiger partial charge in [-0.25, -0.2) is 8.42 Å². The lowest BCUT2D eigenvalue weighted by Crippen LogP contribution is -2.59. The van der Waals surface area contributed by atoms with Gasteiger partial charge in [-0.3, -0.25) is 14.5 Å². The van der Waals surface area contributed by atoms with Crippen LogP contribution in [-0.4, -0.2) is 68.4 Å². The maximum Gasteiger partial charge on any atom is 0.234 e. The zero-order valence-electron chi connectivity index (χ0n) is 15.3. The quantitative estimate of drug-likeness (QED) is 0.663. The van der Waals surface area contributed by atoms with E-state index in [2.05, 4.69) is 22.8 Å². The highest BCUT2D eigenvalue weighted by Crippen LogP contribution is 2.27. The molecule has 0 aromatic heterocycles. The Morgan fingerprint density at radius 3 is 2.77 bits per heavy atom. The first-order valence-corrected chi connectivity index (χ1v) is 11.3. The summed E-state index contributed by atoms with van der Waals surface area (Å²) in [5, 5.41) is 6.17. The number of carbonyl (C=O) groups is 2. The predicted octanol–water partition coefficient (Wildman–Crippen LogP) is 0.225. The van der Waals surface area contributed by atoms with Crippen molar-refractivity contribution in [1.82, 2.24) is 15.5 Å². The molecule has 0 aromatic rings. The van der Waals surface area contributed by atoms with Gasteiger partial charge in [-0.1, -0.05) is 12.2 Å². The summed E-state index contributed by atoms with van der Waals surface area (Å²) >= 11 is 0. The van der Waals surface area contributed by atoms with Crippen LogP contribution in [0.25, 0.3) is 0 Å². The minimum atomic E-state index is -2.96. The van der Waals surface area contributed by atoms with Crippen LogP contribution in [0, 0.1) is 5.92 Å². The Labute approximate surface area is 155 Å². The van der Waals surface area contributed by atoms with E-state index in [-0.39, 0.29) is 48.0 Å². The molecule has 2 aliphatic heterocycles. The van der Waals surface area contributed by atoms with Crippen molar-refractivity contribution in [1.29, 1.82) is 0 Å². The fourth-order valence-electron chi connectivity index (χ4n) is 4.31. The van der Waals surface area contributed by atoms with E-state index >= 15 is 0 Å². The summed E-state index contributed by atoms with van der Waals surface area (Å²) in [6.45, 7) is 0.182. The Kier molecular flexibility index (Phi) is 6.02. The third kappa shape index (κ3) is 4.85. The van der Waals surface area contributed by atoms with Crippen LogP contribution >= 0.6 is 0 Å². The van der Waals surface area contributed by atoms with Gasteiger partial charge < -0.3 is 10.6 Å². The first-order chi connectivity index (χ1) is 12.3. The molecular weight excluding hydrogens is 354 g/mol. The second kappa shape index (κ2) is 8.08. The van der Waals surface area contributed by atoms with Gasteiger partial charge in [0.25, 0.3) is 0 Å². The molecule has 0 bridgehead atoms. The highest BCUT2D eigenvalue weighted by Gasteiger charge is 2.36. The van der Waals surface area contributed by atoms with E-state index in [4.69, 9.17) is 0 Å². The van der Waals surface area contributed by atoms with Crippen molar-refractivity contribution in [3.63, 3.8) is 0 Å². The van der Waals surface area contributed by atoms with Crippen LogP contribution in [0.5, 0.6) is 0 Å². The molecule has 0 radical (unpaired) electrons. The number of likely N-dealkylation sites (N-methyl/N-ethyl adjacent to an activating group) is 1. The van der Waals surface area contributed by atoms with Gasteiger partial charge in [0.05, 0.1) is 24.1 Å². The fourth-order valence-corrected chi connectivity index (χ4v) is 6.11. The van der Waals surface area contributed by atoms with Gasteiger partial charge >= 0.3 is 0 Å². The Morgan fingerprint density at radius 2 is 2.12 bits per heavy atom. The predicted molar refractivity (Wildman–Crippen MR) is 99.3 cm³/mol. The Morgan fingerprint density at radius 1 is 1.31 bits per heavy atom. The van der Waals surface area contributed by atoms with Gasteiger partial charge in [0.15, 0.2) is 9.84 Å². The fraction of sp³-hybridized carbons (Fsp3) is 0.778. The van der Waals surface area contributed by atoms with Gasteiger partial charge in [0.2, 0.25) is 11.8 Å². The lowest BCUT2D eigenvalue weighted by Gasteiger charge is -2.39. The van der Waals surface area contributed by atoms with Crippen molar-refractivity contribution >= 4 is 21.7 Å². The molecule has 0 saturated carbocycles. The minimum absolute atomic E-state index is 0.0256. The second-order valence-electron chi connectivity index (χ2n) is 7.82. The summed E-state index contributed by atoms with van der Waals surface area (Å²) in [6.07, 6.45) is 8.95. The van der Waals surface area contributed by atoms with Crippen molar-refractivity contribution in [3.05, 3.63) is 12.2 Å². The number of nitrogens with one attached hydrogen (secondary N) is 2. The first-order valence-electron chi connectivity index (χ1n) is 9.48. The second-order valence-corrected chi connectivity index (χ2v) is 10.1. The van der Waals surface area contributed by atoms with Crippen LogP contribution < -0.4 is 10.6 Å². The number of hydrogen-bond donors (Lipinski definition) is 2. The SMILES string of the molecule is CN(CC(=O)N[C@@H]1CCC(=O)N[C@H]1C1CC=CCC1)C1CCS(=O)(=O)C1. The number of carbonyl (C=O) groups excluding carboxylic acids is 2.